The van der Waals surface area contributed by atoms with Gasteiger partial charge in [0.2, 0.25) is 0 Å². The summed E-state index contributed by atoms with van der Waals surface area (Å²) in [5.41, 5.74) is 6.07. The van der Waals surface area contributed by atoms with Gasteiger partial charge in [0.05, 0.1) is 13.2 Å². The molecule has 106 valence electrons. The summed E-state index contributed by atoms with van der Waals surface area (Å²) in [6.07, 6.45) is 0. The van der Waals surface area contributed by atoms with E-state index in [9.17, 15) is 13.2 Å². The predicted molar refractivity (Wildman–Crippen MR) is 70.1 cm³/mol. The van der Waals surface area contributed by atoms with Crippen molar-refractivity contribution in [1.29, 1.82) is 0 Å². The van der Waals surface area contributed by atoms with Gasteiger partial charge in [-0.3, -0.25) is 0 Å². The van der Waals surface area contributed by atoms with Gasteiger partial charge in [-0.05, 0) is 36.8 Å². The van der Waals surface area contributed by atoms with Gasteiger partial charge in [0.15, 0.2) is 0 Å². The monoisotopic (exact) mass is 281 g/mol. The molecule has 2 aromatic carbocycles. The highest BCUT2D eigenvalue weighted by molar-refractivity contribution is 5.43. The first-order valence-electron chi connectivity index (χ1n) is 5.99. The summed E-state index contributed by atoms with van der Waals surface area (Å²) < 4.78 is 46.3. The third-order valence-electron chi connectivity index (χ3n) is 3.16. The van der Waals surface area contributed by atoms with Gasteiger partial charge < -0.3 is 10.5 Å². The van der Waals surface area contributed by atoms with Crippen molar-refractivity contribution < 1.29 is 17.9 Å². The Balaban J connectivity index is 2.60. The highest BCUT2D eigenvalue weighted by Gasteiger charge is 2.23. The van der Waals surface area contributed by atoms with Gasteiger partial charge >= 0.3 is 0 Å². The van der Waals surface area contributed by atoms with Gasteiger partial charge in [-0.1, -0.05) is 6.07 Å². The van der Waals surface area contributed by atoms with E-state index >= 15 is 0 Å². The minimum Gasteiger partial charge on any atom is -0.496 e. The van der Waals surface area contributed by atoms with Crippen LogP contribution in [0.3, 0.4) is 0 Å². The van der Waals surface area contributed by atoms with Crippen LogP contribution in [0, 0.1) is 24.4 Å². The lowest BCUT2D eigenvalue weighted by molar-refractivity contribution is 0.405. The summed E-state index contributed by atoms with van der Waals surface area (Å²) in [6.45, 7) is 1.51. The first kappa shape index (κ1) is 14.4. The molecule has 0 spiro atoms. The first-order chi connectivity index (χ1) is 9.45. The van der Waals surface area contributed by atoms with E-state index in [-0.39, 0.29) is 22.4 Å². The molecule has 20 heavy (non-hydrogen) atoms. The Morgan fingerprint density at radius 3 is 2.45 bits per heavy atom. The van der Waals surface area contributed by atoms with E-state index < -0.39 is 23.5 Å². The number of rotatable bonds is 3. The molecular formula is C15H14F3NO. The highest BCUT2D eigenvalue weighted by atomic mass is 19.1. The summed E-state index contributed by atoms with van der Waals surface area (Å²) in [7, 11) is 1.38. The van der Waals surface area contributed by atoms with Gasteiger partial charge in [0, 0.05) is 11.1 Å². The molecule has 1 atom stereocenters. The maximum atomic E-state index is 14.1. The third kappa shape index (κ3) is 2.49. The lowest BCUT2D eigenvalue weighted by Gasteiger charge is -2.18. The van der Waals surface area contributed by atoms with Crippen molar-refractivity contribution in [2.75, 3.05) is 7.11 Å². The average molecular weight is 281 g/mol. The van der Waals surface area contributed by atoms with Crippen LogP contribution in [0.5, 0.6) is 5.75 Å². The van der Waals surface area contributed by atoms with Crippen LogP contribution in [0.4, 0.5) is 13.2 Å². The summed E-state index contributed by atoms with van der Waals surface area (Å²) in [5.74, 6) is -1.78. The van der Waals surface area contributed by atoms with Crippen LogP contribution in [0.2, 0.25) is 0 Å². The summed E-state index contributed by atoms with van der Waals surface area (Å²) in [5, 5.41) is 0. The van der Waals surface area contributed by atoms with Crippen molar-refractivity contribution in [3.05, 3.63) is 64.5 Å². The van der Waals surface area contributed by atoms with Gasteiger partial charge in [-0.25, -0.2) is 13.2 Å². The smallest absolute Gasteiger partial charge is 0.134 e. The van der Waals surface area contributed by atoms with Crippen LogP contribution < -0.4 is 10.5 Å². The van der Waals surface area contributed by atoms with E-state index in [4.69, 9.17) is 10.5 Å². The molecule has 0 aliphatic heterocycles. The standard InChI is InChI=1S/C15H14F3NO/c1-8-3-5-11(17)13(14(8)18)15(19)10-7-9(16)4-6-12(10)20-2/h3-7,15H,19H2,1-2H3. The van der Waals surface area contributed by atoms with Crippen molar-refractivity contribution in [1.82, 2.24) is 0 Å². The van der Waals surface area contributed by atoms with Crippen LogP contribution in [0.25, 0.3) is 0 Å². The van der Waals surface area contributed by atoms with E-state index in [1.54, 1.807) is 0 Å². The molecule has 2 nitrogen and oxygen atoms in total. The number of benzene rings is 2. The molecule has 0 aromatic heterocycles. The molecule has 0 saturated heterocycles. The lowest BCUT2D eigenvalue weighted by Crippen LogP contribution is -2.17. The molecule has 2 aromatic rings. The zero-order chi connectivity index (χ0) is 14.9. The maximum Gasteiger partial charge on any atom is 0.134 e. The van der Waals surface area contributed by atoms with E-state index in [1.165, 1.54) is 32.2 Å². The molecule has 0 aliphatic rings. The Hall–Kier alpha value is -2.01. The van der Waals surface area contributed by atoms with Gasteiger partial charge in [-0.15, -0.1) is 0 Å². The van der Waals surface area contributed by atoms with E-state index in [0.717, 1.165) is 12.1 Å². The van der Waals surface area contributed by atoms with Crippen molar-refractivity contribution >= 4 is 0 Å². The summed E-state index contributed by atoms with van der Waals surface area (Å²) in [4.78, 5) is 0. The minimum absolute atomic E-state index is 0.191. The molecule has 2 N–H and O–H groups in total. The van der Waals surface area contributed by atoms with E-state index in [1.807, 2.05) is 0 Å². The second kappa shape index (κ2) is 5.54. The van der Waals surface area contributed by atoms with Gasteiger partial charge in [0.1, 0.15) is 23.2 Å². The fourth-order valence-electron chi connectivity index (χ4n) is 2.07. The fraction of sp³-hybridized carbons (Fsp3) is 0.200. The van der Waals surface area contributed by atoms with Crippen LogP contribution in [0.1, 0.15) is 22.7 Å². The van der Waals surface area contributed by atoms with Gasteiger partial charge in [-0.2, -0.15) is 0 Å². The molecule has 0 saturated carbocycles. The summed E-state index contributed by atoms with van der Waals surface area (Å²) in [6, 6.07) is 4.99. The zero-order valence-corrected chi connectivity index (χ0v) is 11.1. The van der Waals surface area contributed by atoms with Gasteiger partial charge in [0.25, 0.3) is 0 Å². The Kier molecular flexibility index (Phi) is 3.99. The number of ether oxygens (including phenoxy) is 1. The lowest BCUT2D eigenvalue weighted by atomic mass is 9.96. The Morgan fingerprint density at radius 2 is 1.80 bits per heavy atom. The Morgan fingerprint density at radius 1 is 1.10 bits per heavy atom. The quantitative estimate of drug-likeness (QED) is 0.935. The van der Waals surface area contributed by atoms with E-state index in [2.05, 4.69) is 0 Å². The molecule has 0 aliphatic carbocycles. The molecule has 0 amide bonds. The van der Waals surface area contributed by atoms with Crippen molar-refractivity contribution in [3.63, 3.8) is 0 Å². The number of aryl methyl sites for hydroxylation is 1. The predicted octanol–water partition coefficient (Wildman–Crippen LogP) is 3.47. The molecule has 0 bridgehead atoms. The number of methoxy groups -OCH3 is 1. The Labute approximate surface area is 115 Å². The first-order valence-corrected chi connectivity index (χ1v) is 5.99. The topological polar surface area (TPSA) is 35.2 Å². The van der Waals surface area contributed by atoms with Crippen LogP contribution >= 0.6 is 0 Å². The number of nitrogens with two attached hydrogens (primary N) is 1. The normalized spacial score (nSPS) is 12.3. The Bertz CT molecular complexity index is 643. The average Bonchev–Trinajstić information content (AvgIpc) is 2.43. The number of hydrogen-bond acceptors (Lipinski definition) is 2. The van der Waals surface area contributed by atoms with Crippen LogP contribution in [0.15, 0.2) is 30.3 Å². The van der Waals surface area contributed by atoms with Crippen LogP contribution in [-0.2, 0) is 0 Å². The van der Waals surface area contributed by atoms with Crippen molar-refractivity contribution in [2.45, 2.75) is 13.0 Å². The second-order valence-corrected chi connectivity index (χ2v) is 4.46. The molecule has 0 radical (unpaired) electrons. The largest absolute Gasteiger partial charge is 0.496 e. The molecule has 5 heteroatoms. The van der Waals surface area contributed by atoms with E-state index in [0.29, 0.717) is 0 Å². The zero-order valence-electron chi connectivity index (χ0n) is 11.1. The molecule has 0 fully saturated rings. The summed E-state index contributed by atoms with van der Waals surface area (Å²) >= 11 is 0. The molecule has 2 rings (SSSR count). The fourth-order valence-corrected chi connectivity index (χ4v) is 2.07. The minimum atomic E-state index is -1.15. The van der Waals surface area contributed by atoms with Crippen LogP contribution in [-0.4, -0.2) is 7.11 Å². The number of halogens is 3. The number of hydrogen-bond donors (Lipinski definition) is 1. The second-order valence-electron chi connectivity index (χ2n) is 4.46. The SMILES string of the molecule is COc1ccc(F)cc1C(N)c1c(F)ccc(C)c1F. The molecule has 0 heterocycles. The maximum absolute atomic E-state index is 14.1. The molecular weight excluding hydrogens is 267 g/mol. The van der Waals surface area contributed by atoms with Crippen molar-refractivity contribution in [3.8, 4) is 5.75 Å². The molecule has 1 unspecified atom stereocenters. The van der Waals surface area contributed by atoms with Crippen molar-refractivity contribution in [2.24, 2.45) is 5.73 Å². The highest BCUT2D eigenvalue weighted by Crippen LogP contribution is 2.32. The third-order valence-corrected chi connectivity index (χ3v) is 3.16.